The van der Waals surface area contributed by atoms with Crippen LogP contribution < -0.4 is 0 Å². The molecule has 0 bridgehead atoms. The van der Waals surface area contributed by atoms with Crippen LogP contribution in [0.5, 0.6) is 0 Å². The van der Waals surface area contributed by atoms with Crippen molar-refractivity contribution >= 4 is 22.4 Å². The Kier molecular flexibility index (Phi) is 8.17. The lowest BCUT2D eigenvalue weighted by molar-refractivity contribution is 0.400. The van der Waals surface area contributed by atoms with Crippen molar-refractivity contribution in [1.82, 2.24) is 49.1 Å². The highest BCUT2D eigenvalue weighted by Crippen LogP contribution is 2.37. The van der Waals surface area contributed by atoms with E-state index in [1.807, 2.05) is 62.9 Å². The lowest BCUT2D eigenvalue weighted by Crippen LogP contribution is -2.13. The molecule has 0 saturated heterocycles. The van der Waals surface area contributed by atoms with Crippen LogP contribution in [0.25, 0.3) is 22.4 Å². The average Bonchev–Trinajstić information content (AvgIpc) is 3.86. The number of nitrogens with zero attached hydrogens (tertiary/aromatic N) is 10. The summed E-state index contributed by atoms with van der Waals surface area (Å²) in [6.07, 6.45) is 22.1. The quantitative estimate of drug-likeness (QED) is 0.217. The summed E-state index contributed by atoms with van der Waals surface area (Å²) < 4.78 is 3.54. The van der Waals surface area contributed by atoms with Crippen molar-refractivity contribution in [3.05, 3.63) is 119 Å². The van der Waals surface area contributed by atoms with Crippen LogP contribution in [0, 0.1) is 5.92 Å². The molecular weight excluding hydrogens is 572 g/mol. The van der Waals surface area contributed by atoms with Gasteiger partial charge in [-0.3, -0.25) is 0 Å². The first-order valence-electron chi connectivity index (χ1n) is 16.3. The number of hydrogen-bond acceptors (Lipinski definition) is 8. The van der Waals surface area contributed by atoms with Crippen molar-refractivity contribution in [3.8, 4) is 0 Å². The smallest absolute Gasteiger partial charge is 0.155 e. The summed E-state index contributed by atoms with van der Waals surface area (Å²) in [5.41, 5.74) is 10.4. The summed E-state index contributed by atoms with van der Waals surface area (Å²) in [6, 6.07) is 7.81. The predicted octanol–water partition coefficient (Wildman–Crippen LogP) is 6.51. The first-order chi connectivity index (χ1) is 22.6. The van der Waals surface area contributed by atoms with E-state index in [9.17, 15) is 0 Å². The average molecular weight is 611 g/mol. The molecule has 0 amide bonds. The maximum atomic E-state index is 4.79. The van der Waals surface area contributed by atoms with Crippen LogP contribution in [0.3, 0.4) is 0 Å². The Morgan fingerprint density at radius 3 is 1.83 bits per heavy atom. The van der Waals surface area contributed by atoms with E-state index in [4.69, 9.17) is 9.97 Å². The fourth-order valence-electron chi connectivity index (χ4n) is 6.01. The molecular formula is C36H38N10. The van der Waals surface area contributed by atoms with Crippen molar-refractivity contribution in [3.63, 3.8) is 0 Å². The van der Waals surface area contributed by atoms with E-state index in [-0.39, 0.29) is 0 Å². The van der Waals surface area contributed by atoms with Gasteiger partial charge in [-0.2, -0.15) is 10.2 Å². The zero-order valence-electron chi connectivity index (χ0n) is 26.8. The van der Waals surface area contributed by atoms with Crippen LogP contribution in [0.2, 0.25) is 0 Å². The fraction of sp³-hybridized carbons (Fsp3) is 0.333. The highest BCUT2D eigenvalue weighted by molar-refractivity contribution is 5.83. The molecule has 0 aromatic carbocycles. The minimum absolute atomic E-state index is 0.567. The molecule has 1 fully saturated rings. The second-order valence-corrected chi connectivity index (χ2v) is 12.0. The van der Waals surface area contributed by atoms with E-state index >= 15 is 0 Å². The summed E-state index contributed by atoms with van der Waals surface area (Å²) in [5, 5.41) is 8.37. The Balaban J connectivity index is 0.000000140. The largest absolute Gasteiger partial charge is 0.241 e. The molecule has 232 valence electrons. The van der Waals surface area contributed by atoms with Crippen molar-refractivity contribution in [2.45, 2.75) is 72.1 Å². The van der Waals surface area contributed by atoms with Crippen molar-refractivity contribution in [2.75, 3.05) is 0 Å². The molecule has 1 saturated carbocycles. The van der Waals surface area contributed by atoms with Crippen molar-refractivity contribution in [1.29, 1.82) is 0 Å². The summed E-state index contributed by atoms with van der Waals surface area (Å²) in [5.74, 6) is 3.11. The molecule has 6 aromatic rings. The molecule has 0 unspecified atom stereocenters. The SMILES string of the molecule is C1=C(c2ccn3nccc3n2)c2cnc(C3CCC3)nc2C1.CC.CC(C)Cc1ncc2c(n1)CC=C2c1ccn2nccc2n1. The van der Waals surface area contributed by atoms with Gasteiger partial charge in [-0.05, 0) is 30.9 Å². The second-order valence-electron chi connectivity index (χ2n) is 12.0. The second kappa shape index (κ2) is 12.7. The Morgan fingerprint density at radius 1 is 0.717 bits per heavy atom. The summed E-state index contributed by atoms with van der Waals surface area (Å²) >= 11 is 0. The van der Waals surface area contributed by atoms with Crippen LogP contribution in [-0.2, 0) is 19.3 Å². The lowest BCUT2D eigenvalue weighted by atomic mass is 9.85. The molecule has 3 aliphatic rings. The highest BCUT2D eigenvalue weighted by Gasteiger charge is 2.26. The van der Waals surface area contributed by atoms with Crippen molar-refractivity contribution in [2.24, 2.45) is 5.92 Å². The Hall–Kier alpha value is -5.12. The maximum Gasteiger partial charge on any atom is 0.155 e. The number of hydrogen-bond donors (Lipinski definition) is 0. The van der Waals surface area contributed by atoms with Gasteiger partial charge >= 0.3 is 0 Å². The molecule has 10 nitrogen and oxygen atoms in total. The Labute approximate surface area is 268 Å². The molecule has 0 spiro atoms. The third kappa shape index (κ3) is 5.71. The zero-order valence-corrected chi connectivity index (χ0v) is 26.8. The molecule has 46 heavy (non-hydrogen) atoms. The van der Waals surface area contributed by atoms with E-state index < -0.39 is 0 Å². The summed E-state index contributed by atoms with van der Waals surface area (Å²) in [4.78, 5) is 28.0. The topological polar surface area (TPSA) is 112 Å². The van der Waals surface area contributed by atoms with Gasteiger partial charge in [-0.25, -0.2) is 38.9 Å². The molecule has 0 aliphatic heterocycles. The molecule has 10 heteroatoms. The lowest BCUT2D eigenvalue weighted by Gasteiger charge is -2.24. The maximum absolute atomic E-state index is 4.79. The third-order valence-electron chi connectivity index (χ3n) is 8.51. The van der Waals surface area contributed by atoms with Crippen LogP contribution in [0.15, 0.2) is 73.6 Å². The Bertz CT molecular complexity index is 2080. The standard InChI is InChI=1S/C17H15N5.C17H17N5.C2H6/c1-2-11(3-1)17-18-10-13-12(4-5-14(13)21-17)15-7-9-22-16(20-15)6-8-19-22;1-11(2)9-16-18-10-13-12(3-4-14(13)20-16)15-6-8-22-17(21-15)5-7-19-22;1-2/h4,6-11H,1-3,5H2;3,5-8,10-11H,4,9H2,1-2H3;1-2H3. The minimum atomic E-state index is 0.567. The molecule has 6 aromatic heterocycles. The van der Waals surface area contributed by atoms with E-state index in [0.717, 1.165) is 87.3 Å². The highest BCUT2D eigenvalue weighted by atomic mass is 15.2. The van der Waals surface area contributed by atoms with Gasteiger partial charge in [-0.15, -0.1) is 0 Å². The molecule has 0 radical (unpaired) electrons. The first kappa shape index (κ1) is 29.6. The van der Waals surface area contributed by atoms with Gasteiger partial charge in [0.1, 0.15) is 11.6 Å². The van der Waals surface area contributed by atoms with Gasteiger partial charge < -0.3 is 0 Å². The molecule has 9 rings (SSSR count). The van der Waals surface area contributed by atoms with Gasteiger partial charge in [0.05, 0.1) is 35.2 Å². The molecule has 3 aliphatic carbocycles. The van der Waals surface area contributed by atoms with Crippen LogP contribution in [0.1, 0.15) is 98.4 Å². The number of allylic oxidation sites excluding steroid dienone is 2. The fourth-order valence-corrected chi connectivity index (χ4v) is 6.01. The minimum Gasteiger partial charge on any atom is -0.241 e. The van der Waals surface area contributed by atoms with E-state index in [2.05, 4.69) is 56.1 Å². The third-order valence-corrected chi connectivity index (χ3v) is 8.51. The molecule has 6 heterocycles. The Morgan fingerprint density at radius 2 is 1.28 bits per heavy atom. The molecule has 0 N–H and O–H groups in total. The predicted molar refractivity (Wildman–Crippen MR) is 178 cm³/mol. The van der Waals surface area contributed by atoms with E-state index in [1.54, 1.807) is 21.4 Å². The van der Waals surface area contributed by atoms with Crippen molar-refractivity contribution < 1.29 is 0 Å². The van der Waals surface area contributed by atoms with Crippen LogP contribution >= 0.6 is 0 Å². The first-order valence-corrected chi connectivity index (χ1v) is 16.3. The zero-order chi connectivity index (χ0) is 31.6. The van der Waals surface area contributed by atoms with Gasteiger partial charge in [0.2, 0.25) is 0 Å². The van der Waals surface area contributed by atoms with E-state index in [0.29, 0.717) is 11.8 Å². The molecule has 0 atom stereocenters. The van der Waals surface area contributed by atoms with Crippen LogP contribution in [0.4, 0.5) is 0 Å². The summed E-state index contributed by atoms with van der Waals surface area (Å²) in [7, 11) is 0. The monoisotopic (exact) mass is 610 g/mol. The van der Waals surface area contributed by atoms with E-state index in [1.165, 1.54) is 19.3 Å². The number of rotatable bonds is 5. The number of aromatic nitrogens is 10. The summed E-state index contributed by atoms with van der Waals surface area (Å²) in [6.45, 7) is 8.37. The van der Waals surface area contributed by atoms with Crippen LogP contribution in [-0.4, -0.2) is 49.1 Å². The normalized spacial score (nSPS) is 15.0. The van der Waals surface area contributed by atoms with Gasteiger partial charge in [-0.1, -0.05) is 46.3 Å². The van der Waals surface area contributed by atoms with Gasteiger partial charge in [0.15, 0.2) is 11.3 Å². The number of fused-ring (bicyclic) bond motifs is 4. The van der Waals surface area contributed by atoms with Gasteiger partial charge in [0.25, 0.3) is 0 Å². The van der Waals surface area contributed by atoms with Gasteiger partial charge in [0, 0.05) is 84.4 Å².